The lowest BCUT2D eigenvalue weighted by molar-refractivity contribution is 1.32. The summed E-state index contributed by atoms with van der Waals surface area (Å²) in [7, 11) is 0. The third-order valence-electron chi connectivity index (χ3n) is 8.51. The van der Waals surface area contributed by atoms with E-state index in [1.54, 1.807) is 6.08 Å². The smallest absolute Gasteiger partial charge is 0.0972 e. The van der Waals surface area contributed by atoms with Gasteiger partial charge in [0.15, 0.2) is 0 Å². The molecule has 4 heteroatoms. The van der Waals surface area contributed by atoms with Crippen LogP contribution in [-0.2, 0) is 0 Å². The van der Waals surface area contributed by atoms with Gasteiger partial charge in [0.2, 0.25) is 0 Å². The molecule has 4 nitrogen and oxygen atoms in total. The monoisotopic (exact) mass is 600 g/mol. The van der Waals surface area contributed by atoms with Gasteiger partial charge in [-0.1, -0.05) is 115 Å². The van der Waals surface area contributed by atoms with Crippen LogP contribution < -0.4 is 0 Å². The van der Waals surface area contributed by atoms with Crippen molar-refractivity contribution < 1.29 is 0 Å². The minimum atomic E-state index is 0.870. The summed E-state index contributed by atoms with van der Waals surface area (Å²) in [4.78, 5) is 20.4. The molecule has 0 aliphatic heterocycles. The fourth-order valence-electron chi connectivity index (χ4n) is 6.02. The third-order valence-corrected chi connectivity index (χ3v) is 8.51. The zero-order valence-corrected chi connectivity index (χ0v) is 25.7. The fourth-order valence-corrected chi connectivity index (χ4v) is 6.02. The quantitative estimate of drug-likeness (QED) is 0.112. The van der Waals surface area contributed by atoms with Gasteiger partial charge in [0.05, 0.1) is 44.8 Å². The molecular weight excluding hydrogens is 573 g/mol. The number of pyridine rings is 4. The Morgan fingerprint density at radius 3 is 1.49 bits per heavy atom. The van der Waals surface area contributed by atoms with Crippen molar-refractivity contribution in [1.82, 2.24) is 19.9 Å². The predicted octanol–water partition coefficient (Wildman–Crippen LogP) is 10.5. The highest BCUT2D eigenvalue weighted by atomic mass is 14.8. The van der Waals surface area contributed by atoms with E-state index in [4.69, 9.17) is 26.4 Å². The van der Waals surface area contributed by atoms with Crippen molar-refractivity contribution in [1.29, 1.82) is 0 Å². The van der Waals surface area contributed by atoms with Gasteiger partial charge in [0.25, 0.3) is 0 Å². The standard InChI is InChI=1S/C43H28N4/c1-3-4-6-10-28(2)36-23-19-30-15-16-32-21-25-38(46-41(32)40(30)44-36)34-13-9-14-35(27-34)39-26-22-33-18-17-31-20-24-37(29-11-7-5-8-12-29)45-42(31)43(33)47-39/h1,4-27H,2H3/b6-4-,28-10+. The summed E-state index contributed by atoms with van der Waals surface area (Å²) in [5.74, 6) is 2.52. The first-order valence-corrected chi connectivity index (χ1v) is 15.5. The van der Waals surface area contributed by atoms with E-state index < -0.39 is 0 Å². The summed E-state index contributed by atoms with van der Waals surface area (Å²) in [6.45, 7) is 2.03. The lowest BCUT2D eigenvalue weighted by Gasteiger charge is -2.10. The average Bonchev–Trinajstić information content (AvgIpc) is 3.14. The van der Waals surface area contributed by atoms with E-state index in [2.05, 4.69) is 109 Å². The van der Waals surface area contributed by atoms with Crippen molar-refractivity contribution in [2.45, 2.75) is 6.92 Å². The molecule has 8 rings (SSSR count). The predicted molar refractivity (Wildman–Crippen MR) is 196 cm³/mol. The number of nitrogens with zero attached hydrogens (tertiary/aromatic N) is 4. The van der Waals surface area contributed by atoms with Gasteiger partial charge in [-0.05, 0) is 48.9 Å². The Balaban J connectivity index is 1.21. The van der Waals surface area contributed by atoms with Gasteiger partial charge in [-0.15, -0.1) is 6.42 Å². The maximum atomic E-state index is 5.36. The normalized spacial score (nSPS) is 12.0. The number of allylic oxidation sites excluding steroid dienone is 4. The molecule has 0 saturated heterocycles. The first-order valence-electron chi connectivity index (χ1n) is 15.5. The summed E-state index contributed by atoms with van der Waals surface area (Å²) in [6, 6.07) is 43.8. The molecule has 4 aromatic carbocycles. The number of terminal acetylenes is 1. The van der Waals surface area contributed by atoms with Gasteiger partial charge in [-0.3, -0.25) is 0 Å². The summed E-state index contributed by atoms with van der Waals surface area (Å²) >= 11 is 0. The number of hydrogen-bond donors (Lipinski definition) is 0. The van der Waals surface area contributed by atoms with Gasteiger partial charge < -0.3 is 0 Å². The molecule has 47 heavy (non-hydrogen) atoms. The van der Waals surface area contributed by atoms with Crippen LogP contribution in [-0.4, -0.2) is 19.9 Å². The van der Waals surface area contributed by atoms with E-state index in [1.165, 1.54) is 0 Å². The molecule has 0 fully saturated rings. The van der Waals surface area contributed by atoms with E-state index in [0.29, 0.717) is 0 Å². The second kappa shape index (κ2) is 11.8. The van der Waals surface area contributed by atoms with Crippen LogP contribution in [0, 0.1) is 12.3 Å². The summed E-state index contributed by atoms with van der Waals surface area (Å²) in [5, 5.41) is 4.21. The molecule has 0 amide bonds. The van der Waals surface area contributed by atoms with Gasteiger partial charge in [0, 0.05) is 38.2 Å². The van der Waals surface area contributed by atoms with E-state index >= 15 is 0 Å². The molecule has 0 atom stereocenters. The highest BCUT2D eigenvalue weighted by Gasteiger charge is 2.12. The Bertz CT molecular complexity index is 2590. The molecule has 220 valence electrons. The van der Waals surface area contributed by atoms with Crippen LogP contribution >= 0.6 is 0 Å². The molecule has 0 N–H and O–H groups in total. The van der Waals surface area contributed by atoms with Crippen LogP contribution in [0.3, 0.4) is 0 Å². The van der Waals surface area contributed by atoms with Crippen LogP contribution in [0.25, 0.3) is 83.0 Å². The van der Waals surface area contributed by atoms with E-state index in [9.17, 15) is 0 Å². The highest BCUT2D eigenvalue weighted by molar-refractivity contribution is 6.05. The van der Waals surface area contributed by atoms with E-state index in [0.717, 1.165) is 88.7 Å². The van der Waals surface area contributed by atoms with Crippen LogP contribution in [0.1, 0.15) is 12.6 Å². The van der Waals surface area contributed by atoms with Gasteiger partial charge in [-0.2, -0.15) is 0 Å². The fraction of sp³-hybridized carbons (Fsp3) is 0.0233. The minimum Gasteiger partial charge on any atom is -0.246 e. The van der Waals surface area contributed by atoms with Gasteiger partial charge >= 0.3 is 0 Å². The zero-order chi connectivity index (χ0) is 31.7. The number of benzene rings is 4. The molecule has 4 heterocycles. The molecule has 0 aliphatic carbocycles. The maximum Gasteiger partial charge on any atom is 0.0972 e. The first kappa shape index (κ1) is 28.1. The molecule has 0 spiro atoms. The van der Waals surface area contributed by atoms with E-state index in [-0.39, 0.29) is 0 Å². The third kappa shape index (κ3) is 5.31. The first-order chi connectivity index (χ1) is 23.1. The van der Waals surface area contributed by atoms with Crippen LogP contribution in [0.2, 0.25) is 0 Å². The van der Waals surface area contributed by atoms with Crippen LogP contribution in [0.4, 0.5) is 0 Å². The second-order valence-corrected chi connectivity index (χ2v) is 11.5. The summed E-state index contributed by atoms with van der Waals surface area (Å²) < 4.78 is 0. The van der Waals surface area contributed by atoms with Crippen molar-refractivity contribution in [3.05, 3.63) is 151 Å². The van der Waals surface area contributed by atoms with Crippen LogP contribution in [0.15, 0.2) is 146 Å². The largest absolute Gasteiger partial charge is 0.246 e. The molecule has 0 bridgehead atoms. The number of fused-ring (bicyclic) bond motifs is 6. The Hall–Kier alpha value is -6.44. The SMILES string of the molecule is C#C/C=C\C=C(/C)c1ccc2ccc3ccc(-c4cccc(-c5ccc6ccc7ccc(-c8ccccc8)nc7c6n5)c4)nc3c2n1. The highest BCUT2D eigenvalue weighted by Crippen LogP contribution is 2.32. The average molecular weight is 601 g/mol. The van der Waals surface area contributed by atoms with Crippen LogP contribution in [0.5, 0.6) is 0 Å². The van der Waals surface area contributed by atoms with Crippen molar-refractivity contribution in [3.8, 4) is 46.1 Å². The minimum absolute atomic E-state index is 0.870. The van der Waals surface area contributed by atoms with E-state index in [1.807, 2.05) is 43.3 Å². The summed E-state index contributed by atoms with van der Waals surface area (Å²) in [5.41, 5.74) is 11.3. The Kier molecular flexibility index (Phi) is 7.05. The lowest BCUT2D eigenvalue weighted by Crippen LogP contribution is -1.93. The molecule has 4 aromatic heterocycles. The lowest BCUT2D eigenvalue weighted by atomic mass is 10.0. The molecule has 0 aliphatic rings. The zero-order valence-electron chi connectivity index (χ0n) is 25.7. The number of rotatable bonds is 5. The van der Waals surface area contributed by atoms with Gasteiger partial charge in [0.1, 0.15) is 0 Å². The van der Waals surface area contributed by atoms with Crippen molar-refractivity contribution >= 4 is 49.2 Å². The summed E-state index contributed by atoms with van der Waals surface area (Å²) in [6.07, 6.45) is 10.9. The molecule has 0 radical (unpaired) electrons. The Labute approximate surface area is 272 Å². The van der Waals surface area contributed by atoms with Crippen molar-refractivity contribution in [2.75, 3.05) is 0 Å². The molecular formula is C43H28N4. The van der Waals surface area contributed by atoms with Crippen molar-refractivity contribution in [3.63, 3.8) is 0 Å². The molecule has 0 saturated carbocycles. The number of aromatic nitrogens is 4. The molecule has 8 aromatic rings. The molecule has 0 unspecified atom stereocenters. The van der Waals surface area contributed by atoms with Gasteiger partial charge in [-0.25, -0.2) is 19.9 Å². The second-order valence-electron chi connectivity index (χ2n) is 11.5. The Morgan fingerprint density at radius 1 is 0.511 bits per heavy atom. The van der Waals surface area contributed by atoms with Crippen molar-refractivity contribution in [2.24, 2.45) is 0 Å². The maximum absolute atomic E-state index is 5.36. The Morgan fingerprint density at radius 2 is 0.957 bits per heavy atom. The number of hydrogen-bond acceptors (Lipinski definition) is 4. The topological polar surface area (TPSA) is 51.6 Å².